The van der Waals surface area contributed by atoms with Crippen LogP contribution in [-0.2, 0) is 11.3 Å². The number of amides is 1. The molecule has 1 fully saturated rings. The second kappa shape index (κ2) is 7.05. The van der Waals surface area contributed by atoms with Crippen LogP contribution in [0.2, 0.25) is 0 Å². The third kappa shape index (κ3) is 3.43. The van der Waals surface area contributed by atoms with Crippen molar-refractivity contribution in [2.24, 2.45) is 5.92 Å². The monoisotopic (exact) mass is 332 g/mol. The van der Waals surface area contributed by atoms with E-state index in [0.29, 0.717) is 13.0 Å². The van der Waals surface area contributed by atoms with Crippen molar-refractivity contribution in [3.05, 3.63) is 65.5 Å². The minimum Gasteiger partial charge on any atom is -0.395 e. The topological polar surface area (TPSA) is 53.4 Å². The summed E-state index contributed by atoms with van der Waals surface area (Å²) in [4.78, 5) is 18.2. The van der Waals surface area contributed by atoms with E-state index in [4.69, 9.17) is 0 Å². The molecular formula is C18H18F2N2O2. The van der Waals surface area contributed by atoms with Gasteiger partial charge in [-0.2, -0.15) is 0 Å². The number of hydrogen-bond acceptors (Lipinski definition) is 3. The number of rotatable bonds is 6. The predicted molar refractivity (Wildman–Crippen MR) is 83.9 cm³/mol. The quantitative estimate of drug-likeness (QED) is 0.884. The maximum atomic E-state index is 13.9. The van der Waals surface area contributed by atoms with E-state index < -0.39 is 11.6 Å². The summed E-state index contributed by atoms with van der Waals surface area (Å²) in [5.41, 5.74) is 1.10. The second-order valence-corrected chi connectivity index (χ2v) is 5.94. The Hall–Kier alpha value is -2.34. The van der Waals surface area contributed by atoms with Gasteiger partial charge in [0, 0.05) is 31.4 Å². The normalized spacial score (nSPS) is 19.1. The van der Waals surface area contributed by atoms with E-state index in [9.17, 15) is 18.7 Å². The standard InChI is InChI=1S/C18H18F2N2O2/c19-16-5-1-4-13(17(16)20)14-9-15(14)18(24)22(7-8-23)11-12-3-2-6-21-10-12/h1-6,10,14-15,23H,7-9,11H2. The molecule has 1 aromatic heterocycles. The fourth-order valence-corrected chi connectivity index (χ4v) is 2.95. The van der Waals surface area contributed by atoms with E-state index in [0.717, 1.165) is 11.6 Å². The first-order valence-corrected chi connectivity index (χ1v) is 7.84. The van der Waals surface area contributed by atoms with E-state index in [1.54, 1.807) is 23.4 Å². The maximum absolute atomic E-state index is 13.9. The molecule has 2 aromatic rings. The number of halogens is 2. The first kappa shape index (κ1) is 16.5. The van der Waals surface area contributed by atoms with Gasteiger partial charge in [0.15, 0.2) is 11.6 Å². The minimum atomic E-state index is -0.895. The number of aliphatic hydroxyl groups excluding tert-OH is 1. The zero-order valence-electron chi connectivity index (χ0n) is 13.0. The largest absolute Gasteiger partial charge is 0.395 e. The zero-order chi connectivity index (χ0) is 17.1. The van der Waals surface area contributed by atoms with Gasteiger partial charge in [-0.05, 0) is 35.6 Å². The van der Waals surface area contributed by atoms with Gasteiger partial charge >= 0.3 is 0 Å². The van der Waals surface area contributed by atoms with Crippen LogP contribution in [0, 0.1) is 17.6 Å². The molecule has 0 bridgehead atoms. The highest BCUT2D eigenvalue weighted by atomic mass is 19.2. The Labute approximate surface area is 138 Å². The molecule has 0 aliphatic heterocycles. The molecule has 1 aliphatic carbocycles. The molecule has 1 heterocycles. The van der Waals surface area contributed by atoms with Gasteiger partial charge in [0.05, 0.1) is 6.61 Å². The summed E-state index contributed by atoms with van der Waals surface area (Å²) < 4.78 is 27.2. The van der Waals surface area contributed by atoms with Gasteiger partial charge in [-0.3, -0.25) is 9.78 Å². The molecule has 2 unspecified atom stereocenters. The van der Waals surface area contributed by atoms with Gasteiger partial charge in [-0.25, -0.2) is 8.78 Å². The summed E-state index contributed by atoms with van der Waals surface area (Å²) in [5, 5.41) is 9.21. The van der Waals surface area contributed by atoms with Crippen LogP contribution in [0.3, 0.4) is 0 Å². The fraction of sp³-hybridized carbons (Fsp3) is 0.333. The second-order valence-electron chi connectivity index (χ2n) is 5.94. The van der Waals surface area contributed by atoms with Crippen molar-refractivity contribution >= 4 is 5.91 Å². The number of nitrogens with zero attached hydrogens (tertiary/aromatic N) is 2. The summed E-state index contributed by atoms with van der Waals surface area (Å²) in [7, 11) is 0. The number of carbonyl (C=O) groups is 1. The predicted octanol–water partition coefficient (Wildman–Crippen LogP) is 2.48. The van der Waals surface area contributed by atoms with Crippen molar-refractivity contribution < 1.29 is 18.7 Å². The Kier molecular flexibility index (Phi) is 4.85. The van der Waals surface area contributed by atoms with Crippen LogP contribution in [0.5, 0.6) is 0 Å². The van der Waals surface area contributed by atoms with E-state index >= 15 is 0 Å². The Bertz CT molecular complexity index is 724. The fourth-order valence-electron chi connectivity index (χ4n) is 2.95. The Morgan fingerprint density at radius 1 is 1.29 bits per heavy atom. The van der Waals surface area contributed by atoms with Crippen molar-refractivity contribution in [2.45, 2.75) is 18.9 Å². The molecule has 1 aromatic carbocycles. The van der Waals surface area contributed by atoms with Gasteiger partial charge in [0.2, 0.25) is 5.91 Å². The van der Waals surface area contributed by atoms with Crippen LogP contribution in [0.1, 0.15) is 23.5 Å². The Balaban J connectivity index is 1.71. The molecular weight excluding hydrogens is 314 g/mol. The molecule has 126 valence electrons. The van der Waals surface area contributed by atoms with Crippen molar-refractivity contribution in [2.75, 3.05) is 13.2 Å². The molecule has 24 heavy (non-hydrogen) atoms. The van der Waals surface area contributed by atoms with Crippen LogP contribution >= 0.6 is 0 Å². The maximum Gasteiger partial charge on any atom is 0.226 e. The number of aromatic nitrogens is 1. The van der Waals surface area contributed by atoms with Gasteiger partial charge in [0.1, 0.15) is 0 Å². The number of carbonyl (C=O) groups excluding carboxylic acids is 1. The lowest BCUT2D eigenvalue weighted by molar-refractivity contribution is -0.133. The minimum absolute atomic E-state index is 0.151. The highest BCUT2D eigenvalue weighted by Crippen LogP contribution is 2.49. The van der Waals surface area contributed by atoms with E-state index in [1.165, 1.54) is 12.1 Å². The van der Waals surface area contributed by atoms with Crippen molar-refractivity contribution in [1.29, 1.82) is 0 Å². The third-order valence-corrected chi connectivity index (χ3v) is 4.27. The smallest absolute Gasteiger partial charge is 0.226 e. The molecule has 2 atom stereocenters. The van der Waals surface area contributed by atoms with Crippen molar-refractivity contribution in [1.82, 2.24) is 9.88 Å². The van der Waals surface area contributed by atoms with E-state index in [-0.39, 0.29) is 36.5 Å². The van der Waals surface area contributed by atoms with Gasteiger partial charge in [-0.1, -0.05) is 18.2 Å². The molecule has 4 nitrogen and oxygen atoms in total. The van der Waals surface area contributed by atoms with Crippen LogP contribution in [0.15, 0.2) is 42.7 Å². The molecule has 6 heteroatoms. The van der Waals surface area contributed by atoms with Crippen LogP contribution in [-0.4, -0.2) is 34.0 Å². The summed E-state index contributed by atoms with van der Waals surface area (Å²) in [6.45, 7) is 0.377. The Morgan fingerprint density at radius 3 is 2.83 bits per heavy atom. The van der Waals surface area contributed by atoms with Gasteiger partial charge in [0.25, 0.3) is 0 Å². The average molecular weight is 332 g/mol. The van der Waals surface area contributed by atoms with Crippen LogP contribution in [0.25, 0.3) is 0 Å². The molecule has 1 amide bonds. The highest BCUT2D eigenvalue weighted by Gasteiger charge is 2.47. The molecule has 0 spiro atoms. The van der Waals surface area contributed by atoms with Crippen LogP contribution < -0.4 is 0 Å². The summed E-state index contributed by atoms with van der Waals surface area (Å²) >= 11 is 0. The number of pyridine rings is 1. The Morgan fingerprint density at radius 2 is 2.12 bits per heavy atom. The highest BCUT2D eigenvalue weighted by molar-refractivity contribution is 5.83. The van der Waals surface area contributed by atoms with Gasteiger partial charge < -0.3 is 10.0 Å². The number of benzene rings is 1. The molecule has 1 aliphatic rings. The molecule has 1 saturated carbocycles. The van der Waals surface area contributed by atoms with Gasteiger partial charge in [-0.15, -0.1) is 0 Å². The lowest BCUT2D eigenvalue weighted by atomic mass is 10.1. The summed E-state index contributed by atoms with van der Waals surface area (Å²) in [5.74, 6) is -2.60. The third-order valence-electron chi connectivity index (χ3n) is 4.27. The first-order valence-electron chi connectivity index (χ1n) is 7.84. The molecule has 3 rings (SSSR count). The van der Waals surface area contributed by atoms with Crippen molar-refractivity contribution in [3.63, 3.8) is 0 Å². The van der Waals surface area contributed by atoms with Crippen LogP contribution in [0.4, 0.5) is 8.78 Å². The zero-order valence-corrected chi connectivity index (χ0v) is 13.0. The number of aliphatic hydroxyl groups is 1. The molecule has 0 radical (unpaired) electrons. The van der Waals surface area contributed by atoms with E-state index in [1.807, 2.05) is 6.07 Å². The van der Waals surface area contributed by atoms with Crippen molar-refractivity contribution in [3.8, 4) is 0 Å². The summed E-state index contributed by atoms with van der Waals surface area (Å²) in [6.07, 6.45) is 3.80. The molecule has 0 saturated heterocycles. The summed E-state index contributed by atoms with van der Waals surface area (Å²) in [6, 6.07) is 7.67. The SMILES string of the molecule is O=C(C1CC1c1cccc(F)c1F)N(CCO)Cc1cccnc1. The van der Waals surface area contributed by atoms with E-state index in [2.05, 4.69) is 4.98 Å². The lowest BCUT2D eigenvalue weighted by Crippen LogP contribution is -2.34. The lowest BCUT2D eigenvalue weighted by Gasteiger charge is -2.22. The first-order chi connectivity index (χ1) is 11.6. The number of hydrogen-bond donors (Lipinski definition) is 1. The average Bonchev–Trinajstić information content (AvgIpc) is 3.38. The molecule has 1 N–H and O–H groups in total.